The number of nitrogens with zero attached hydrogens (tertiary/aromatic N) is 2. The smallest absolute Gasteiger partial charge is 0.410 e. The van der Waals surface area contributed by atoms with Gasteiger partial charge < -0.3 is 15.0 Å². The van der Waals surface area contributed by atoms with E-state index in [1.54, 1.807) is 17.0 Å². The monoisotopic (exact) mass is 335 g/mol. The van der Waals surface area contributed by atoms with Gasteiger partial charge >= 0.3 is 6.09 Å². The minimum absolute atomic E-state index is 0.293. The van der Waals surface area contributed by atoms with Crippen LogP contribution in [0, 0.1) is 11.3 Å². The second-order valence-electron chi connectivity index (χ2n) is 6.83. The van der Waals surface area contributed by atoms with E-state index in [-0.39, 0.29) is 6.09 Å². The lowest BCUT2D eigenvalue weighted by atomic mass is 9.90. The number of ether oxygens (including phenoxy) is 1. The molecule has 1 unspecified atom stereocenters. The van der Waals surface area contributed by atoms with Crippen molar-refractivity contribution in [3.05, 3.63) is 29.3 Å². The predicted octanol–water partition coefficient (Wildman–Crippen LogP) is 4.05. The summed E-state index contributed by atoms with van der Waals surface area (Å²) in [5.74, 6) is 0. The van der Waals surface area contributed by atoms with Gasteiger partial charge in [-0.05, 0) is 57.9 Å². The first-order chi connectivity index (χ1) is 10.7. The molecule has 1 amide bonds. The van der Waals surface area contributed by atoms with E-state index >= 15 is 0 Å². The minimum Gasteiger partial charge on any atom is -0.444 e. The Balaban J connectivity index is 2.11. The van der Waals surface area contributed by atoms with Gasteiger partial charge in [-0.1, -0.05) is 11.6 Å². The first-order valence-electron chi connectivity index (χ1n) is 7.66. The van der Waals surface area contributed by atoms with Crippen LogP contribution in [0.5, 0.6) is 0 Å². The molecule has 0 spiro atoms. The molecule has 0 radical (unpaired) electrons. The summed E-state index contributed by atoms with van der Waals surface area (Å²) in [6, 6.07) is 9.52. The number of halogens is 1. The van der Waals surface area contributed by atoms with E-state index in [9.17, 15) is 10.1 Å². The van der Waals surface area contributed by atoms with Crippen molar-refractivity contribution in [2.24, 2.45) is 0 Å². The average molecular weight is 336 g/mol. The summed E-state index contributed by atoms with van der Waals surface area (Å²) in [7, 11) is 0. The molecule has 1 heterocycles. The Bertz CT molecular complexity index is 604. The Morgan fingerprint density at radius 3 is 2.61 bits per heavy atom. The highest BCUT2D eigenvalue weighted by Crippen LogP contribution is 2.27. The van der Waals surface area contributed by atoms with Crippen molar-refractivity contribution in [3.63, 3.8) is 0 Å². The Morgan fingerprint density at radius 2 is 2.04 bits per heavy atom. The van der Waals surface area contributed by atoms with Crippen molar-refractivity contribution in [2.45, 2.75) is 44.8 Å². The topological polar surface area (TPSA) is 65.4 Å². The number of carbonyl (C=O) groups is 1. The van der Waals surface area contributed by atoms with Crippen LogP contribution in [0.3, 0.4) is 0 Å². The number of anilines is 1. The molecule has 1 N–H and O–H groups in total. The van der Waals surface area contributed by atoms with Crippen LogP contribution in [0.25, 0.3) is 0 Å². The molecule has 1 aliphatic rings. The van der Waals surface area contributed by atoms with Gasteiger partial charge in [-0.3, -0.25) is 0 Å². The Labute approximate surface area is 142 Å². The van der Waals surface area contributed by atoms with Crippen LogP contribution in [-0.2, 0) is 4.74 Å². The molecular weight excluding hydrogens is 314 g/mol. The van der Waals surface area contributed by atoms with Gasteiger partial charge in [0, 0.05) is 17.3 Å². The Morgan fingerprint density at radius 1 is 1.39 bits per heavy atom. The number of piperidine rings is 1. The molecule has 23 heavy (non-hydrogen) atoms. The van der Waals surface area contributed by atoms with Crippen molar-refractivity contribution >= 4 is 23.4 Å². The molecule has 1 atom stereocenters. The maximum absolute atomic E-state index is 12.3. The van der Waals surface area contributed by atoms with Gasteiger partial charge in [0.15, 0.2) is 0 Å². The number of nitriles is 1. The van der Waals surface area contributed by atoms with Crippen LogP contribution < -0.4 is 5.32 Å². The van der Waals surface area contributed by atoms with E-state index in [2.05, 4.69) is 11.4 Å². The zero-order valence-corrected chi connectivity index (χ0v) is 14.5. The first-order valence-corrected chi connectivity index (χ1v) is 8.04. The van der Waals surface area contributed by atoms with Crippen molar-refractivity contribution < 1.29 is 9.53 Å². The van der Waals surface area contributed by atoms with Gasteiger partial charge in [-0.2, -0.15) is 5.26 Å². The summed E-state index contributed by atoms with van der Waals surface area (Å²) in [5, 5.41) is 13.6. The van der Waals surface area contributed by atoms with E-state index < -0.39 is 11.1 Å². The molecule has 1 aromatic carbocycles. The lowest BCUT2D eigenvalue weighted by Crippen LogP contribution is -2.54. The van der Waals surface area contributed by atoms with Crippen LogP contribution >= 0.6 is 11.6 Å². The van der Waals surface area contributed by atoms with E-state index in [0.717, 1.165) is 12.1 Å². The summed E-state index contributed by atoms with van der Waals surface area (Å²) >= 11 is 5.89. The average Bonchev–Trinajstić information content (AvgIpc) is 2.48. The van der Waals surface area contributed by atoms with Crippen molar-refractivity contribution in [2.75, 3.05) is 18.4 Å². The fourth-order valence-corrected chi connectivity index (χ4v) is 2.69. The molecule has 1 saturated heterocycles. The highest BCUT2D eigenvalue weighted by atomic mass is 35.5. The van der Waals surface area contributed by atoms with Gasteiger partial charge in [0.25, 0.3) is 0 Å². The molecule has 5 nitrogen and oxygen atoms in total. The quantitative estimate of drug-likeness (QED) is 0.885. The Hall–Kier alpha value is -1.93. The van der Waals surface area contributed by atoms with Crippen LogP contribution in [0.1, 0.15) is 33.6 Å². The van der Waals surface area contributed by atoms with Gasteiger partial charge in [0.1, 0.15) is 11.1 Å². The zero-order valence-electron chi connectivity index (χ0n) is 13.7. The predicted molar refractivity (Wildman–Crippen MR) is 90.5 cm³/mol. The summed E-state index contributed by atoms with van der Waals surface area (Å²) in [5.41, 5.74) is -0.557. The van der Waals surface area contributed by atoms with Crippen molar-refractivity contribution in [1.82, 2.24) is 4.90 Å². The first kappa shape index (κ1) is 17.4. The van der Waals surface area contributed by atoms with Crippen LogP contribution in [0.2, 0.25) is 5.02 Å². The second kappa shape index (κ2) is 6.67. The molecule has 0 bridgehead atoms. The molecule has 6 heteroatoms. The number of likely N-dealkylation sites (tertiary alicyclic amines) is 1. The van der Waals surface area contributed by atoms with E-state index in [0.29, 0.717) is 24.5 Å². The highest BCUT2D eigenvalue weighted by Gasteiger charge is 2.38. The van der Waals surface area contributed by atoms with Crippen molar-refractivity contribution in [1.29, 1.82) is 5.26 Å². The van der Waals surface area contributed by atoms with Crippen LogP contribution in [0.4, 0.5) is 10.5 Å². The number of amides is 1. The summed E-state index contributed by atoms with van der Waals surface area (Å²) in [4.78, 5) is 13.9. The molecule has 1 aromatic rings. The maximum atomic E-state index is 12.3. The highest BCUT2D eigenvalue weighted by molar-refractivity contribution is 6.30. The second-order valence-corrected chi connectivity index (χ2v) is 7.27. The molecule has 124 valence electrons. The van der Waals surface area contributed by atoms with E-state index in [4.69, 9.17) is 16.3 Å². The van der Waals surface area contributed by atoms with Crippen molar-refractivity contribution in [3.8, 4) is 6.07 Å². The fourth-order valence-electron chi connectivity index (χ4n) is 2.57. The van der Waals surface area contributed by atoms with E-state index in [1.165, 1.54) is 0 Å². The lowest BCUT2D eigenvalue weighted by Gasteiger charge is -2.39. The fraction of sp³-hybridized carbons (Fsp3) is 0.529. The normalized spacial score (nSPS) is 21.4. The van der Waals surface area contributed by atoms with Crippen LogP contribution in [0.15, 0.2) is 24.3 Å². The number of nitrogens with one attached hydrogen (secondary N) is 1. The number of hydrogen-bond acceptors (Lipinski definition) is 4. The molecule has 0 aliphatic carbocycles. The SMILES string of the molecule is CC(C)(C)OC(=O)N1CCCC(C#N)(Nc2ccc(Cl)cc2)C1. The molecule has 0 saturated carbocycles. The molecular formula is C17H22ClN3O2. The standard InChI is InChI=1S/C17H22ClN3O2/c1-16(2,3)23-15(22)21-10-4-9-17(11-19,12-21)20-14-7-5-13(18)6-8-14/h5-8,20H,4,9-10,12H2,1-3H3. The van der Waals surface area contributed by atoms with Gasteiger partial charge in [0.2, 0.25) is 0 Å². The number of benzene rings is 1. The summed E-state index contributed by atoms with van der Waals surface area (Å²) in [6.45, 7) is 6.39. The van der Waals surface area contributed by atoms with Gasteiger partial charge in [-0.15, -0.1) is 0 Å². The number of hydrogen-bond donors (Lipinski definition) is 1. The van der Waals surface area contributed by atoms with E-state index in [1.807, 2.05) is 32.9 Å². The van der Waals surface area contributed by atoms with Crippen LogP contribution in [-0.4, -0.2) is 35.2 Å². The minimum atomic E-state index is -0.816. The molecule has 0 aromatic heterocycles. The molecule has 1 fully saturated rings. The third-order valence-electron chi connectivity index (χ3n) is 3.59. The largest absolute Gasteiger partial charge is 0.444 e. The zero-order chi connectivity index (χ0) is 17.1. The molecule has 1 aliphatic heterocycles. The third-order valence-corrected chi connectivity index (χ3v) is 3.84. The Kier molecular flexibility index (Phi) is 5.06. The van der Waals surface area contributed by atoms with Gasteiger partial charge in [-0.25, -0.2) is 4.79 Å². The van der Waals surface area contributed by atoms with Gasteiger partial charge in [0.05, 0.1) is 12.6 Å². The number of carbonyl (C=O) groups excluding carboxylic acids is 1. The molecule has 2 rings (SSSR count). The maximum Gasteiger partial charge on any atom is 0.410 e. The lowest BCUT2D eigenvalue weighted by molar-refractivity contribution is 0.0181. The summed E-state index contributed by atoms with van der Waals surface area (Å²) < 4.78 is 5.41. The summed E-state index contributed by atoms with van der Waals surface area (Å²) in [6.07, 6.45) is 1.04. The third kappa shape index (κ3) is 4.77. The number of rotatable bonds is 2.